The first kappa shape index (κ1) is 14.6. The molecule has 17 heavy (non-hydrogen) atoms. The van der Waals surface area contributed by atoms with E-state index >= 15 is 0 Å². The molecule has 0 spiro atoms. The van der Waals surface area contributed by atoms with Crippen molar-refractivity contribution in [2.45, 2.75) is 25.1 Å². The first-order chi connectivity index (χ1) is 8.00. The molecule has 1 N–H and O–H groups in total. The molecule has 0 fully saturated rings. The molecule has 1 atom stereocenters. The first-order valence-electron chi connectivity index (χ1n) is 5.38. The number of amides is 1. The Morgan fingerprint density at radius 2 is 2.12 bits per heavy atom. The van der Waals surface area contributed by atoms with Crippen LogP contribution in [0.5, 0.6) is 0 Å². The number of alkyl halides is 1. The van der Waals surface area contributed by atoms with Gasteiger partial charge in [0.2, 0.25) is 0 Å². The van der Waals surface area contributed by atoms with Crippen LogP contribution < -0.4 is 5.32 Å². The van der Waals surface area contributed by atoms with E-state index in [-0.39, 0.29) is 11.3 Å². The highest BCUT2D eigenvalue weighted by atomic mass is 35.5. The smallest absolute Gasteiger partial charge is 0.252 e. The second kappa shape index (κ2) is 7.10. The SMILES string of the molecule is CC(Cl)CCCNC(=O)c1ccc(Cl)cc1Cl. The van der Waals surface area contributed by atoms with Crippen molar-refractivity contribution in [2.75, 3.05) is 6.54 Å². The minimum absolute atomic E-state index is 0.131. The Hall–Kier alpha value is -0.440. The van der Waals surface area contributed by atoms with Gasteiger partial charge in [0.15, 0.2) is 0 Å². The zero-order valence-corrected chi connectivity index (χ0v) is 11.7. The molecule has 0 saturated heterocycles. The molecule has 0 aromatic heterocycles. The third-order valence-corrected chi connectivity index (χ3v) is 3.01. The predicted molar refractivity (Wildman–Crippen MR) is 73.3 cm³/mol. The summed E-state index contributed by atoms with van der Waals surface area (Å²) in [6.45, 7) is 2.52. The molecule has 1 amide bonds. The fourth-order valence-corrected chi connectivity index (χ4v) is 2.00. The van der Waals surface area contributed by atoms with Crippen LogP contribution in [-0.2, 0) is 0 Å². The van der Waals surface area contributed by atoms with Crippen LogP contribution in [-0.4, -0.2) is 17.8 Å². The highest BCUT2D eigenvalue weighted by molar-refractivity contribution is 6.36. The van der Waals surface area contributed by atoms with Gasteiger partial charge in [-0.3, -0.25) is 4.79 Å². The molecule has 0 aliphatic carbocycles. The molecule has 1 unspecified atom stereocenters. The number of hydrogen-bond donors (Lipinski definition) is 1. The topological polar surface area (TPSA) is 29.1 Å². The third-order valence-electron chi connectivity index (χ3n) is 2.24. The summed E-state index contributed by atoms with van der Waals surface area (Å²) in [6, 6.07) is 4.81. The summed E-state index contributed by atoms with van der Waals surface area (Å²) in [5, 5.41) is 3.80. The number of nitrogens with one attached hydrogen (secondary N) is 1. The van der Waals surface area contributed by atoms with Crippen molar-refractivity contribution in [3.05, 3.63) is 33.8 Å². The third kappa shape index (κ3) is 5.15. The summed E-state index contributed by atoms with van der Waals surface area (Å²) in [6.07, 6.45) is 1.72. The molecular formula is C12H14Cl3NO. The summed E-state index contributed by atoms with van der Waals surface area (Å²) in [7, 11) is 0. The Morgan fingerprint density at radius 1 is 1.41 bits per heavy atom. The van der Waals surface area contributed by atoms with Crippen LogP contribution in [0.4, 0.5) is 0 Å². The lowest BCUT2D eigenvalue weighted by Crippen LogP contribution is -2.25. The van der Waals surface area contributed by atoms with E-state index in [4.69, 9.17) is 34.8 Å². The molecule has 0 aliphatic heterocycles. The Labute approximate surface area is 116 Å². The molecule has 94 valence electrons. The maximum Gasteiger partial charge on any atom is 0.252 e. The molecule has 0 bridgehead atoms. The Morgan fingerprint density at radius 3 is 2.71 bits per heavy atom. The van der Waals surface area contributed by atoms with Crippen molar-refractivity contribution < 1.29 is 4.79 Å². The van der Waals surface area contributed by atoms with Crippen LogP contribution in [0.15, 0.2) is 18.2 Å². The molecule has 1 rings (SSSR count). The van der Waals surface area contributed by atoms with Crippen LogP contribution in [0.1, 0.15) is 30.1 Å². The second-order valence-electron chi connectivity index (χ2n) is 3.80. The fraction of sp³-hybridized carbons (Fsp3) is 0.417. The summed E-state index contributed by atoms with van der Waals surface area (Å²) in [5.41, 5.74) is 0.440. The van der Waals surface area contributed by atoms with E-state index in [0.717, 1.165) is 12.8 Å². The highest BCUT2D eigenvalue weighted by Crippen LogP contribution is 2.20. The van der Waals surface area contributed by atoms with Gasteiger partial charge in [-0.25, -0.2) is 0 Å². The van der Waals surface area contributed by atoms with Gasteiger partial charge in [-0.05, 0) is 38.0 Å². The van der Waals surface area contributed by atoms with Crippen LogP contribution in [0.2, 0.25) is 10.0 Å². The van der Waals surface area contributed by atoms with Crippen molar-refractivity contribution in [3.8, 4) is 0 Å². The molecule has 1 aromatic carbocycles. The van der Waals surface area contributed by atoms with Gasteiger partial charge >= 0.3 is 0 Å². The molecule has 0 aliphatic rings. The van der Waals surface area contributed by atoms with E-state index < -0.39 is 0 Å². The number of halogens is 3. The molecule has 0 heterocycles. The largest absolute Gasteiger partial charge is 0.352 e. The van der Waals surface area contributed by atoms with Gasteiger partial charge < -0.3 is 5.32 Å². The Kier molecular flexibility index (Phi) is 6.10. The summed E-state index contributed by atoms with van der Waals surface area (Å²) in [5.74, 6) is -0.186. The average molecular weight is 295 g/mol. The van der Waals surface area contributed by atoms with Gasteiger partial charge in [-0.2, -0.15) is 0 Å². The van der Waals surface area contributed by atoms with E-state index in [2.05, 4.69) is 5.32 Å². The first-order valence-corrected chi connectivity index (χ1v) is 6.57. The maximum absolute atomic E-state index is 11.7. The van der Waals surface area contributed by atoms with E-state index in [1.54, 1.807) is 18.2 Å². The van der Waals surface area contributed by atoms with E-state index in [9.17, 15) is 4.79 Å². The molecule has 0 radical (unpaired) electrons. The van der Waals surface area contributed by atoms with Gasteiger partial charge in [0.25, 0.3) is 5.91 Å². The number of carbonyl (C=O) groups is 1. The molecule has 1 aromatic rings. The minimum Gasteiger partial charge on any atom is -0.352 e. The van der Waals surface area contributed by atoms with Gasteiger partial charge in [-0.15, -0.1) is 11.6 Å². The summed E-state index contributed by atoms with van der Waals surface area (Å²) >= 11 is 17.5. The zero-order valence-electron chi connectivity index (χ0n) is 9.47. The number of hydrogen-bond acceptors (Lipinski definition) is 1. The lowest BCUT2D eigenvalue weighted by atomic mass is 10.2. The maximum atomic E-state index is 11.7. The predicted octanol–water partition coefficient (Wildman–Crippen LogP) is 4.13. The van der Waals surface area contributed by atoms with Gasteiger partial charge in [-0.1, -0.05) is 23.2 Å². The van der Waals surface area contributed by atoms with Crippen LogP contribution in [0, 0.1) is 0 Å². The second-order valence-corrected chi connectivity index (χ2v) is 5.39. The average Bonchev–Trinajstić information content (AvgIpc) is 2.23. The monoisotopic (exact) mass is 293 g/mol. The summed E-state index contributed by atoms with van der Waals surface area (Å²) < 4.78 is 0. The standard InChI is InChI=1S/C12H14Cl3NO/c1-8(13)3-2-6-16-12(17)10-5-4-9(14)7-11(10)15/h4-5,7-8H,2-3,6H2,1H3,(H,16,17). The lowest BCUT2D eigenvalue weighted by Gasteiger charge is -2.07. The van der Waals surface area contributed by atoms with Crippen LogP contribution in [0.25, 0.3) is 0 Å². The molecule has 0 saturated carbocycles. The minimum atomic E-state index is -0.186. The quantitative estimate of drug-likeness (QED) is 0.642. The molecule has 5 heteroatoms. The van der Waals surface area contributed by atoms with E-state index in [1.807, 2.05) is 6.92 Å². The molecular weight excluding hydrogens is 280 g/mol. The highest BCUT2D eigenvalue weighted by Gasteiger charge is 2.09. The molecule has 2 nitrogen and oxygen atoms in total. The van der Waals surface area contributed by atoms with Crippen molar-refractivity contribution in [2.24, 2.45) is 0 Å². The van der Waals surface area contributed by atoms with Crippen LogP contribution >= 0.6 is 34.8 Å². The van der Waals surface area contributed by atoms with Gasteiger partial charge in [0.05, 0.1) is 10.6 Å². The van der Waals surface area contributed by atoms with Crippen LogP contribution in [0.3, 0.4) is 0 Å². The Balaban J connectivity index is 2.47. The van der Waals surface area contributed by atoms with Crippen molar-refractivity contribution in [1.82, 2.24) is 5.32 Å². The number of rotatable bonds is 5. The van der Waals surface area contributed by atoms with Gasteiger partial charge in [0.1, 0.15) is 0 Å². The normalized spacial score (nSPS) is 12.2. The fourth-order valence-electron chi connectivity index (χ4n) is 1.35. The number of carbonyl (C=O) groups excluding carboxylic acids is 1. The summed E-state index contributed by atoms with van der Waals surface area (Å²) in [4.78, 5) is 11.7. The van der Waals surface area contributed by atoms with Crippen molar-refractivity contribution in [3.63, 3.8) is 0 Å². The number of benzene rings is 1. The Bertz CT molecular complexity index is 393. The zero-order chi connectivity index (χ0) is 12.8. The van der Waals surface area contributed by atoms with Gasteiger partial charge in [0, 0.05) is 16.9 Å². The van der Waals surface area contributed by atoms with E-state index in [0.29, 0.717) is 22.2 Å². The lowest BCUT2D eigenvalue weighted by molar-refractivity contribution is 0.0953. The van der Waals surface area contributed by atoms with Crippen molar-refractivity contribution >= 4 is 40.7 Å². The van der Waals surface area contributed by atoms with Crippen molar-refractivity contribution in [1.29, 1.82) is 0 Å². The van der Waals surface area contributed by atoms with E-state index in [1.165, 1.54) is 0 Å².